The van der Waals surface area contributed by atoms with Crippen LogP contribution in [-0.4, -0.2) is 18.8 Å². The van der Waals surface area contributed by atoms with Crippen molar-refractivity contribution in [2.24, 2.45) is 0 Å². The molecule has 0 spiro atoms. The molecule has 0 aliphatic carbocycles. The van der Waals surface area contributed by atoms with E-state index in [0.29, 0.717) is 0 Å². The van der Waals surface area contributed by atoms with Gasteiger partial charge in [0, 0.05) is 20.0 Å². The molecule has 1 heterocycles. The first kappa shape index (κ1) is 13.1. The Bertz CT molecular complexity index is 165. The van der Waals surface area contributed by atoms with E-state index in [1.807, 2.05) is 6.92 Å². The average Bonchev–Trinajstić information content (AvgIpc) is 2.18. The lowest BCUT2D eigenvalue weighted by Gasteiger charge is -2.21. The number of rotatable bonds is 2. The summed E-state index contributed by atoms with van der Waals surface area (Å²) in [7, 11) is 0. The number of carbonyl (C=O) groups excluding carboxylic acids is 1. The van der Waals surface area contributed by atoms with Crippen molar-refractivity contribution in [3.05, 3.63) is 12.7 Å². The van der Waals surface area contributed by atoms with Crippen molar-refractivity contribution in [3.63, 3.8) is 0 Å². The normalized spacial score (nSPS) is 20.3. The van der Waals surface area contributed by atoms with Gasteiger partial charge in [-0.25, -0.2) is 10.3 Å². The molecule has 0 radical (unpaired) electrons. The minimum absolute atomic E-state index is 0.195. The number of nitrogens with one attached hydrogen (secondary N) is 1. The van der Waals surface area contributed by atoms with Gasteiger partial charge in [0.05, 0.1) is 0 Å². The van der Waals surface area contributed by atoms with Crippen LogP contribution >= 0.6 is 0 Å². The van der Waals surface area contributed by atoms with Crippen molar-refractivity contribution in [2.45, 2.75) is 39.4 Å². The van der Waals surface area contributed by atoms with Gasteiger partial charge in [0.15, 0.2) is 6.29 Å². The summed E-state index contributed by atoms with van der Waals surface area (Å²) < 4.78 is 5.19. The fourth-order valence-corrected chi connectivity index (χ4v) is 0.953. The summed E-state index contributed by atoms with van der Waals surface area (Å²) in [4.78, 5) is 15.3. The van der Waals surface area contributed by atoms with Crippen LogP contribution in [-0.2, 0) is 14.4 Å². The first-order valence-corrected chi connectivity index (χ1v) is 4.81. The minimum atomic E-state index is -0.243. The summed E-state index contributed by atoms with van der Waals surface area (Å²) in [6, 6.07) is 0. The molecule has 0 bridgehead atoms. The Morgan fingerprint density at radius 1 is 1.64 bits per heavy atom. The second kappa shape index (κ2) is 8.72. The van der Waals surface area contributed by atoms with E-state index in [9.17, 15) is 4.79 Å². The van der Waals surface area contributed by atoms with Gasteiger partial charge in [-0.05, 0) is 19.8 Å². The third-order valence-corrected chi connectivity index (χ3v) is 1.47. The van der Waals surface area contributed by atoms with Crippen molar-refractivity contribution in [3.8, 4) is 0 Å². The third kappa shape index (κ3) is 7.76. The number of ether oxygens (including phenoxy) is 1. The van der Waals surface area contributed by atoms with E-state index >= 15 is 0 Å². The molecule has 1 amide bonds. The highest BCUT2D eigenvalue weighted by Crippen LogP contribution is 2.12. The molecule has 0 aromatic carbocycles. The highest BCUT2D eigenvalue weighted by atomic mass is 16.8. The van der Waals surface area contributed by atoms with E-state index in [-0.39, 0.29) is 12.2 Å². The molecule has 1 atom stereocenters. The Balaban J connectivity index is 0.000000500. The molecule has 0 saturated carbocycles. The molecule has 4 heteroatoms. The minimum Gasteiger partial charge on any atom is -0.350 e. The van der Waals surface area contributed by atoms with Crippen LogP contribution in [0, 0.1) is 0 Å². The first-order valence-electron chi connectivity index (χ1n) is 4.81. The predicted molar refractivity (Wildman–Crippen MR) is 54.4 cm³/mol. The Hall–Kier alpha value is -0.870. The number of allylic oxidation sites excluding steroid dienone is 1. The molecule has 1 aliphatic heterocycles. The van der Waals surface area contributed by atoms with Crippen LogP contribution in [0.5, 0.6) is 0 Å². The quantitative estimate of drug-likeness (QED) is 0.547. The topological polar surface area (TPSA) is 47.6 Å². The number of carbonyl (C=O) groups is 1. The van der Waals surface area contributed by atoms with E-state index in [4.69, 9.17) is 9.57 Å². The highest BCUT2D eigenvalue weighted by Gasteiger charge is 2.14. The van der Waals surface area contributed by atoms with Crippen molar-refractivity contribution < 1.29 is 14.4 Å². The molecule has 82 valence electrons. The molecule has 0 aromatic heterocycles. The number of amides is 1. The number of hydrogen-bond acceptors (Lipinski definition) is 3. The maximum absolute atomic E-state index is 10.4. The molecule has 1 saturated heterocycles. The summed E-state index contributed by atoms with van der Waals surface area (Å²) >= 11 is 0. The SMILES string of the molecule is C=CC.CC(=O)NOC1CCCCO1. The molecule has 1 aliphatic rings. The van der Waals surface area contributed by atoms with Gasteiger partial charge in [0.1, 0.15) is 0 Å². The Kier molecular flexibility index (Phi) is 8.17. The highest BCUT2D eigenvalue weighted by molar-refractivity contribution is 5.71. The van der Waals surface area contributed by atoms with E-state index in [0.717, 1.165) is 25.9 Å². The lowest BCUT2D eigenvalue weighted by Crippen LogP contribution is -2.31. The van der Waals surface area contributed by atoms with Crippen LogP contribution in [0.4, 0.5) is 0 Å². The zero-order valence-corrected chi connectivity index (χ0v) is 8.91. The summed E-state index contributed by atoms with van der Waals surface area (Å²) in [5.74, 6) is -0.195. The van der Waals surface area contributed by atoms with Crippen molar-refractivity contribution >= 4 is 5.91 Å². The summed E-state index contributed by atoms with van der Waals surface area (Å²) in [5, 5.41) is 0. The molecule has 1 rings (SSSR count). The molecular weight excluding hydrogens is 182 g/mol. The first-order chi connectivity index (χ1) is 6.70. The van der Waals surface area contributed by atoms with Crippen LogP contribution in [0.3, 0.4) is 0 Å². The molecular formula is C10H19NO3. The lowest BCUT2D eigenvalue weighted by atomic mass is 10.2. The Morgan fingerprint density at radius 2 is 2.29 bits per heavy atom. The van der Waals surface area contributed by atoms with Gasteiger partial charge in [-0.1, -0.05) is 6.08 Å². The van der Waals surface area contributed by atoms with Gasteiger partial charge < -0.3 is 4.74 Å². The molecule has 0 aromatic rings. The monoisotopic (exact) mass is 201 g/mol. The van der Waals surface area contributed by atoms with Crippen LogP contribution in [0.25, 0.3) is 0 Å². The van der Waals surface area contributed by atoms with Gasteiger partial charge in [0.25, 0.3) is 0 Å². The van der Waals surface area contributed by atoms with Gasteiger partial charge in [0.2, 0.25) is 5.91 Å². The second-order valence-electron chi connectivity index (χ2n) is 2.98. The van der Waals surface area contributed by atoms with E-state index in [2.05, 4.69) is 12.1 Å². The van der Waals surface area contributed by atoms with Gasteiger partial charge in [-0.2, -0.15) is 0 Å². The maximum atomic E-state index is 10.4. The van der Waals surface area contributed by atoms with Crippen molar-refractivity contribution in [1.82, 2.24) is 5.48 Å². The Morgan fingerprint density at radius 3 is 2.71 bits per heavy atom. The van der Waals surface area contributed by atoms with Crippen LogP contribution in [0.2, 0.25) is 0 Å². The molecule has 1 unspecified atom stereocenters. The van der Waals surface area contributed by atoms with Gasteiger partial charge in [-0.15, -0.1) is 6.58 Å². The number of hydrogen-bond donors (Lipinski definition) is 1. The van der Waals surface area contributed by atoms with Crippen LogP contribution in [0.1, 0.15) is 33.1 Å². The van der Waals surface area contributed by atoms with Crippen LogP contribution < -0.4 is 5.48 Å². The smallest absolute Gasteiger partial charge is 0.240 e. The molecule has 4 nitrogen and oxygen atoms in total. The molecule has 14 heavy (non-hydrogen) atoms. The van der Waals surface area contributed by atoms with E-state index < -0.39 is 0 Å². The molecule has 1 fully saturated rings. The zero-order valence-electron chi connectivity index (χ0n) is 8.91. The largest absolute Gasteiger partial charge is 0.350 e. The second-order valence-corrected chi connectivity index (χ2v) is 2.98. The summed E-state index contributed by atoms with van der Waals surface area (Å²) in [5.41, 5.74) is 2.25. The lowest BCUT2D eigenvalue weighted by molar-refractivity contribution is -0.199. The predicted octanol–water partition coefficient (Wildman–Crippen LogP) is 1.77. The van der Waals surface area contributed by atoms with Crippen LogP contribution in [0.15, 0.2) is 12.7 Å². The maximum Gasteiger partial charge on any atom is 0.240 e. The third-order valence-electron chi connectivity index (χ3n) is 1.47. The van der Waals surface area contributed by atoms with E-state index in [1.165, 1.54) is 6.92 Å². The van der Waals surface area contributed by atoms with Gasteiger partial charge >= 0.3 is 0 Å². The summed E-state index contributed by atoms with van der Waals surface area (Å²) in [6.07, 6.45) is 4.55. The fourth-order valence-electron chi connectivity index (χ4n) is 0.953. The zero-order chi connectivity index (χ0) is 10.8. The van der Waals surface area contributed by atoms with Crippen molar-refractivity contribution in [1.29, 1.82) is 0 Å². The molecule has 1 N–H and O–H groups in total. The van der Waals surface area contributed by atoms with E-state index in [1.54, 1.807) is 6.08 Å². The number of hydroxylamine groups is 1. The van der Waals surface area contributed by atoms with Gasteiger partial charge in [-0.3, -0.25) is 4.79 Å². The summed E-state index contributed by atoms with van der Waals surface area (Å²) in [6.45, 7) is 7.38. The Labute approximate surface area is 85.2 Å². The average molecular weight is 201 g/mol. The standard InChI is InChI=1S/C7H13NO3.C3H6/c1-6(9)8-11-7-4-2-3-5-10-7;1-3-2/h7H,2-5H2,1H3,(H,8,9);3H,1H2,2H3. The van der Waals surface area contributed by atoms with Crippen molar-refractivity contribution in [2.75, 3.05) is 6.61 Å². The fraction of sp³-hybridized carbons (Fsp3) is 0.700.